The Labute approximate surface area is 64.3 Å². The fourth-order valence-corrected chi connectivity index (χ4v) is 1.24. The van der Waals surface area contributed by atoms with Crippen LogP contribution in [0.3, 0.4) is 0 Å². The number of aryl methyl sites for hydroxylation is 1. The molecule has 1 rings (SSSR count). The van der Waals surface area contributed by atoms with Crippen LogP contribution in [0, 0.1) is 6.92 Å². The minimum atomic E-state index is 0.694. The lowest BCUT2D eigenvalue weighted by atomic mass is 10.5. The molecule has 0 aromatic carbocycles. The lowest BCUT2D eigenvalue weighted by Crippen LogP contribution is -1.71. The van der Waals surface area contributed by atoms with E-state index in [9.17, 15) is 0 Å². The molecule has 1 aromatic heterocycles. The maximum Gasteiger partial charge on any atom is 0.192 e. The Bertz CT molecular complexity index is 242. The zero-order valence-corrected chi connectivity index (χ0v) is 6.86. The van der Waals surface area contributed by atoms with Crippen molar-refractivity contribution in [2.24, 2.45) is 0 Å². The van der Waals surface area contributed by atoms with Crippen LogP contribution in [0.25, 0.3) is 6.08 Å². The summed E-state index contributed by atoms with van der Waals surface area (Å²) in [5.74, 6) is 1.46. The van der Waals surface area contributed by atoms with Gasteiger partial charge >= 0.3 is 0 Å². The van der Waals surface area contributed by atoms with Crippen LogP contribution in [0.2, 0.25) is 0 Å². The Hall–Kier alpha value is -0.700. The van der Waals surface area contributed by atoms with Crippen molar-refractivity contribution in [2.45, 2.75) is 11.9 Å². The van der Waals surface area contributed by atoms with Crippen LogP contribution in [0.5, 0.6) is 0 Å². The van der Waals surface area contributed by atoms with E-state index in [1.54, 1.807) is 17.8 Å². The SMILES string of the molecule is C=Cc1oc(C)nc1SC. The van der Waals surface area contributed by atoms with Gasteiger partial charge in [-0.15, -0.1) is 11.8 Å². The van der Waals surface area contributed by atoms with Crippen molar-refractivity contribution in [1.82, 2.24) is 4.98 Å². The number of hydrogen-bond acceptors (Lipinski definition) is 3. The number of oxazole rings is 1. The van der Waals surface area contributed by atoms with Gasteiger partial charge in [0.05, 0.1) is 0 Å². The third-order valence-corrected chi connectivity index (χ3v) is 1.79. The first-order chi connectivity index (χ1) is 4.77. The largest absolute Gasteiger partial charge is 0.440 e. The molecule has 0 saturated carbocycles. The molecular weight excluding hydrogens is 146 g/mol. The second kappa shape index (κ2) is 2.92. The monoisotopic (exact) mass is 155 g/mol. The second-order valence-corrected chi connectivity index (χ2v) is 2.61. The molecule has 0 radical (unpaired) electrons. The molecule has 1 aromatic rings. The molecule has 0 unspecified atom stereocenters. The molecule has 3 heteroatoms. The highest BCUT2D eigenvalue weighted by atomic mass is 32.2. The van der Waals surface area contributed by atoms with Gasteiger partial charge in [0.1, 0.15) is 5.03 Å². The summed E-state index contributed by atoms with van der Waals surface area (Å²) in [6, 6.07) is 0. The first kappa shape index (κ1) is 7.41. The summed E-state index contributed by atoms with van der Waals surface area (Å²) in [6.45, 7) is 5.43. The van der Waals surface area contributed by atoms with E-state index < -0.39 is 0 Å². The van der Waals surface area contributed by atoms with Crippen molar-refractivity contribution in [3.63, 3.8) is 0 Å². The van der Waals surface area contributed by atoms with E-state index in [1.807, 2.05) is 13.2 Å². The van der Waals surface area contributed by atoms with Crippen molar-refractivity contribution < 1.29 is 4.42 Å². The molecule has 0 atom stereocenters. The average molecular weight is 155 g/mol. The summed E-state index contributed by atoms with van der Waals surface area (Å²) in [7, 11) is 0. The van der Waals surface area contributed by atoms with Gasteiger partial charge in [0.25, 0.3) is 0 Å². The number of rotatable bonds is 2. The minimum Gasteiger partial charge on any atom is -0.440 e. The molecule has 0 aliphatic heterocycles. The third-order valence-electron chi connectivity index (χ3n) is 1.11. The normalized spacial score (nSPS) is 9.80. The van der Waals surface area contributed by atoms with Crippen molar-refractivity contribution in [1.29, 1.82) is 0 Å². The molecule has 0 amide bonds. The van der Waals surface area contributed by atoms with Gasteiger partial charge in [-0.1, -0.05) is 6.58 Å². The van der Waals surface area contributed by atoms with Gasteiger partial charge in [-0.2, -0.15) is 0 Å². The Morgan fingerprint density at radius 1 is 1.70 bits per heavy atom. The molecule has 0 aliphatic carbocycles. The lowest BCUT2D eigenvalue weighted by molar-refractivity contribution is 0.511. The molecule has 54 valence electrons. The molecule has 1 heterocycles. The van der Waals surface area contributed by atoms with E-state index in [2.05, 4.69) is 11.6 Å². The van der Waals surface area contributed by atoms with Gasteiger partial charge in [0, 0.05) is 6.92 Å². The smallest absolute Gasteiger partial charge is 0.192 e. The van der Waals surface area contributed by atoms with Crippen LogP contribution < -0.4 is 0 Å². The molecule has 10 heavy (non-hydrogen) atoms. The first-order valence-electron chi connectivity index (χ1n) is 2.91. The fourth-order valence-electron chi connectivity index (χ4n) is 0.699. The Morgan fingerprint density at radius 3 is 2.80 bits per heavy atom. The standard InChI is InChI=1S/C7H9NOS/c1-4-6-7(10-3)8-5(2)9-6/h4H,1H2,2-3H3. The minimum absolute atomic E-state index is 0.694. The third kappa shape index (κ3) is 1.24. The van der Waals surface area contributed by atoms with Gasteiger partial charge in [0.15, 0.2) is 11.7 Å². The van der Waals surface area contributed by atoms with Gasteiger partial charge in [-0.3, -0.25) is 0 Å². The summed E-state index contributed by atoms with van der Waals surface area (Å²) in [4.78, 5) is 4.12. The predicted octanol–water partition coefficient (Wildman–Crippen LogP) is 2.35. The zero-order chi connectivity index (χ0) is 7.56. The highest BCUT2D eigenvalue weighted by molar-refractivity contribution is 7.98. The molecule has 0 spiro atoms. The van der Waals surface area contributed by atoms with Gasteiger partial charge in [0.2, 0.25) is 0 Å². The molecule has 0 aliphatic rings. The second-order valence-electron chi connectivity index (χ2n) is 1.81. The van der Waals surface area contributed by atoms with Gasteiger partial charge in [-0.25, -0.2) is 4.98 Å². The Morgan fingerprint density at radius 2 is 2.40 bits per heavy atom. The van der Waals surface area contributed by atoms with Crippen LogP contribution in [0.15, 0.2) is 16.0 Å². The van der Waals surface area contributed by atoms with E-state index in [1.165, 1.54) is 0 Å². The van der Waals surface area contributed by atoms with E-state index in [4.69, 9.17) is 4.42 Å². The van der Waals surface area contributed by atoms with Crippen LogP contribution >= 0.6 is 11.8 Å². The predicted molar refractivity (Wildman–Crippen MR) is 43.1 cm³/mol. The van der Waals surface area contributed by atoms with Crippen LogP contribution in [-0.2, 0) is 0 Å². The van der Waals surface area contributed by atoms with Crippen molar-refractivity contribution in [3.05, 3.63) is 18.2 Å². The summed E-state index contributed by atoms with van der Waals surface area (Å²) in [5.41, 5.74) is 0. The lowest BCUT2D eigenvalue weighted by Gasteiger charge is -1.85. The quantitative estimate of drug-likeness (QED) is 0.613. The Kier molecular flexibility index (Phi) is 2.17. The average Bonchev–Trinajstić information content (AvgIpc) is 2.30. The molecule has 2 nitrogen and oxygen atoms in total. The number of nitrogens with zero attached hydrogens (tertiary/aromatic N) is 1. The summed E-state index contributed by atoms with van der Waals surface area (Å²) >= 11 is 1.56. The maximum atomic E-state index is 5.20. The van der Waals surface area contributed by atoms with Crippen LogP contribution in [0.4, 0.5) is 0 Å². The zero-order valence-electron chi connectivity index (χ0n) is 6.05. The van der Waals surface area contributed by atoms with Crippen molar-refractivity contribution in [2.75, 3.05) is 6.26 Å². The van der Waals surface area contributed by atoms with E-state index >= 15 is 0 Å². The number of aromatic nitrogens is 1. The van der Waals surface area contributed by atoms with E-state index in [0.717, 1.165) is 10.8 Å². The van der Waals surface area contributed by atoms with Crippen LogP contribution in [-0.4, -0.2) is 11.2 Å². The van der Waals surface area contributed by atoms with E-state index in [-0.39, 0.29) is 0 Å². The number of thioether (sulfide) groups is 1. The van der Waals surface area contributed by atoms with Crippen molar-refractivity contribution >= 4 is 17.8 Å². The van der Waals surface area contributed by atoms with E-state index in [0.29, 0.717) is 5.89 Å². The summed E-state index contributed by atoms with van der Waals surface area (Å²) < 4.78 is 5.20. The van der Waals surface area contributed by atoms with Crippen molar-refractivity contribution in [3.8, 4) is 0 Å². The maximum absolute atomic E-state index is 5.20. The molecule has 0 bridgehead atoms. The highest BCUT2D eigenvalue weighted by Crippen LogP contribution is 2.20. The highest BCUT2D eigenvalue weighted by Gasteiger charge is 2.04. The fraction of sp³-hybridized carbons (Fsp3) is 0.286. The van der Waals surface area contributed by atoms with Gasteiger partial charge in [-0.05, 0) is 12.3 Å². The topological polar surface area (TPSA) is 26.0 Å². The van der Waals surface area contributed by atoms with Crippen LogP contribution in [0.1, 0.15) is 11.7 Å². The number of hydrogen-bond donors (Lipinski definition) is 0. The molecule has 0 N–H and O–H groups in total. The summed E-state index contributed by atoms with van der Waals surface area (Å²) in [6.07, 6.45) is 3.64. The molecular formula is C7H9NOS. The molecule has 0 fully saturated rings. The van der Waals surface area contributed by atoms with Gasteiger partial charge < -0.3 is 4.42 Å². The first-order valence-corrected chi connectivity index (χ1v) is 4.14. The molecule has 0 saturated heterocycles. The summed E-state index contributed by atoms with van der Waals surface area (Å²) in [5, 5.41) is 0.910. The Balaban J connectivity index is 3.08.